The molecule has 1 fully saturated rings. The lowest BCUT2D eigenvalue weighted by Crippen LogP contribution is -2.37. The first kappa shape index (κ1) is 19.2. The lowest BCUT2D eigenvalue weighted by atomic mass is 9.69. The third-order valence-electron chi connectivity index (χ3n) is 6.42. The van der Waals surface area contributed by atoms with Crippen molar-refractivity contribution in [1.82, 2.24) is 4.90 Å². The van der Waals surface area contributed by atoms with Crippen LogP contribution in [0.5, 0.6) is 0 Å². The van der Waals surface area contributed by atoms with Crippen LogP contribution in [0.4, 0.5) is 0 Å². The maximum Gasteiger partial charge on any atom is 0.346 e. The number of hydrogen-bond donors (Lipinski definition) is 0. The fraction of sp³-hybridized carbons (Fsp3) is 0.120. The summed E-state index contributed by atoms with van der Waals surface area (Å²) in [4.78, 5) is 77.4. The highest BCUT2D eigenvalue weighted by Crippen LogP contribution is 2.41. The van der Waals surface area contributed by atoms with Crippen molar-refractivity contribution in [2.24, 2.45) is 11.8 Å². The minimum absolute atomic E-state index is 0.0223. The Morgan fingerprint density at radius 2 is 1.15 bits per heavy atom. The van der Waals surface area contributed by atoms with E-state index in [1.807, 2.05) is 6.07 Å². The summed E-state index contributed by atoms with van der Waals surface area (Å²) in [6.45, 7) is 0.0629. The van der Waals surface area contributed by atoms with Crippen LogP contribution >= 0.6 is 0 Å². The Labute approximate surface area is 186 Å². The largest absolute Gasteiger partial charge is 0.386 e. The maximum absolute atomic E-state index is 13.3. The van der Waals surface area contributed by atoms with Gasteiger partial charge in [-0.15, -0.1) is 0 Å². The minimum atomic E-state index is -0.993. The zero-order valence-corrected chi connectivity index (χ0v) is 16.9. The molecule has 0 N–H and O–H groups in total. The predicted molar refractivity (Wildman–Crippen MR) is 110 cm³/mol. The molecule has 160 valence electrons. The van der Waals surface area contributed by atoms with Gasteiger partial charge < -0.3 is 4.74 Å². The second-order valence-electron chi connectivity index (χ2n) is 8.24. The van der Waals surface area contributed by atoms with Crippen LogP contribution in [0.3, 0.4) is 0 Å². The molecule has 8 heteroatoms. The molecule has 6 rings (SSSR count). The van der Waals surface area contributed by atoms with E-state index in [0.717, 1.165) is 10.5 Å². The van der Waals surface area contributed by atoms with Crippen molar-refractivity contribution in [3.63, 3.8) is 0 Å². The van der Waals surface area contributed by atoms with Crippen LogP contribution in [0.1, 0.15) is 47.0 Å². The number of imide groups is 1. The standard InChI is InChI=1S/C25H13NO7/c27-20-12-6-16-17(23(30)26(22(16)29)10-11-4-2-1-3-5-11)7-13(12)21(28)15-9-19-18(8-14(15)20)24(31)33-25(19)32/h1-9,14-15H,10H2. The third kappa shape index (κ3) is 2.57. The number of rotatable bonds is 2. The molecule has 2 aromatic rings. The summed E-state index contributed by atoms with van der Waals surface area (Å²) in [6.07, 6.45) is 2.58. The van der Waals surface area contributed by atoms with Crippen LogP contribution in [-0.4, -0.2) is 40.2 Å². The lowest BCUT2D eigenvalue weighted by molar-refractivity contribution is -0.149. The Morgan fingerprint density at radius 1 is 0.667 bits per heavy atom. The van der Waals surface area contributed by atoms with Gasteiger partial charge in [0, 0.05) is 11.1 Å². The number of esters is 2. The number of ketones is 2. The Balaban J connectivity index is 1.43. The predicted octanol–water partition coefficient (Wildman–Crippen LogP) is 2.04. The van der Waals surface area contributed by atoms with Gasteiger partial charge in [-0.2, -0.15) is 0 Å². The first-order chi connectivity index (χ1) is 15.8. The fourth-order valence-corrected chi connectivity index (χ4v) is 4.79. The molecule has 4 aliphatic rings. The highest BCUT2D eigenvalue weighted by molar-refractivity contribution is 6.26. The van der Waals surface area contributed by atoms with E-state index in [4.69, 9.17) is 0 Å². The number of hydrogen-bond acceptors (Lipinski definition) is 7. The van der Waals surface area contributed by atoms with Gasteiger partial charge in [-0.05, 0) is 17.7 Å². The van der Waals surface area contributed by atoms with Crippen molar-refractivity contribution in [3.8, 4) is 0 Å². The molecule has 2 aromatic carbocycles. The molecule has 2 amide bonds. The summed E-state index contributed by atoms with van der Waals surface area (Å²) in [6, 6.07) is 11.6. The van der Waals surface area contributed by atoms with Gasteiger partial charge >= 0.3 is 11.9 Å². The Morgan fingerprint density at radius 3 is 1.64 bits per heavy atom. The molecule has 2 heterocycles. The number of benzene rings is 2. The molecule has 2 aliphatic heterocycles. The summed E-state index contributed by atoms with van der Waals surface area (Å²) >= 11 is 0. The quantitative estimate of drug-likeness (QED) is 0.400. The molecule has 1 saturated heterocycles. The van der Waals surface area contributed by atoms with Gasteiger partial charge in [-0.1, -0.05) is 42.5 Å². The molecule has 2 aliphatic carbocycles. The van der Waals surface area contributed by atoms with Crippen LogP contribution in [0.25, 0.3) is 0 Å². The van der Waals surface area contributed by atoms with Crippen LogP contribution in [0, 0.1) is 11.8 Å². The van der Waals surface area contributed by atoms with E-state index < -0.39 is 47.2 Å². The summed E-state index contributed by atoms with van der Waals surface area (Å²) in [5.74, 6) is -5.72. The molecule has 0 aromatic heterocycles. The monoisotopic (exact) mass is 439 g/mol. The number of fused-ring (bicyclic) bond motifs is 4. The topological polar surface area (TPSA) is 115 Å². The van der Waals surface area contributed by atoms with E-state index in [1.54, 1.807) is 24.3 Å². The second kappa shape index (κ2) is 6.52. The fourth-order valence-electron chi connectivity index (χ4n) is 4.79. The summed E-state index contributed by atoms with van der Waals surface area (Å²) < 4.78 is 4.58. The van der Waals surface area contributed by atoms with Gasteiger partial charge in [0.15, 0.2) is 11.6 Å². The third-order valence-corrected chi connectivity index (χ3v) is 6.42. The van der Waals surface area contributed by atoms with Gasteiger partial charge in [0.05, 0.1) is 40.7 Å². The number of ether oxygens (including phenoxy) is 1. The average molecular weight is 439 g/mol. The number of nitrogens with zero attached hydrogens (tertiary/aromatic N) is 1. The number of cyclic esters (lactones) is 2. The second-order valence-corrected chi connectivity index (χ2v) is 8.24. The van der Waals surface area contributed by atoms with Crippen LogP contribution in [-0.2, 0) is 20.9 Å². The zero-order chi connectivity index (χ0) is 23.0. The Bertz CT molecular complexity index is 1340. The number of amides is 2. The molecular weight excluding hydrogens is 426 g/mol. The average Bonchev–Trinajstić information content (AvgIpc) is 3.23. The number of carbonyl (C=O) groups is 6. The minimum Gasteiger partial charge on any atom is -0.386 e. The summed E-state index contributed by atoms with van der Waals surface area (Å²) in [7, 11) is 0. The van der Waals surface area contributed by atoms with E-state index >= 15 is 0 Å². The first-order valence-electron chi connectivity index (χ1n) is 10.2. The number of Topliss-reactive ketones (excluding diaryl/α,β-unsaturated/α-hetero) is 2. The summed E-state index contributed by atoms with van der Waals surface area (Å²) in [5.41, 5.74) is 0.855. The molecule has 33 heavy (non-hydrogen) atoms. The first-order valence-corrected chi connectivity index (χ1v) is 10.2. The molecule has 8 nitrogen and oxygen atoms in total. The lowest BCUT2D eigenvalue weighted by Gasteiger charge is -2.29. The van der Waals surface area contributed by atoms with Crippen LogP contribution in [0.2, 0.25) is 0 Å². The number of allylic oxidation sites excluding steroid dienone is 2. The van der Waals surface area contributed by atoms with Crippen molar-refractivity contribution < 1.29 is 33.5 Å². The Kier molecular flexibility index (Phi) is 3.80. The smallest absolute Gasteiger partial charge is 0.346 e. The van der Waals surface area contributed by atoms with Gasteiger partial charge in [0.2, 0.25) is 0 Å². The molecule has 0 radical (unpaired) electrons. The normalized spacial score (nSPS) is 23.0. The van der Waals surface area contributed by atoms with Gasteiger partial charge in [0.1, 0.15) is 0 Å². The van der Waals surface area contributed by atoms with Gasteiger partial charge in [-0.25, -0.2) is 9.59 Å². The summed E-state index contributed by atoms with van der Waals surface area (Å²) in [5, 5.41) is 0. The van der Waals surface area contributed by atoms with E-state index in [9.17, 15) is 28.8 Å². The van der Waals surface area contributed by atoms with E-state index in [1.165, 1.54) is 24.3 Å². The van der Waals surface area contributed by atoms with Gasteiger partial charge in [0.25, 0.3) is 11.8 Å². The van der Waals surface area contributed by atoms with E-state index in [-0.39, 0.29) is 39.9 Å². The van der Waals surface area contributed by atoms with Gasteiger partial charge in [-0.3, -0.25) is 24.1 Å². The molecular formula is C25H13NO7. The van der Waals surface area contributed by atoms with E-state index in [0.29, 0.717) is 0 Å². The SMILES string of the molecule is O=C1OC(=O)C2=CC3C(=O)c4cc5c(cc4C(=O)C3C=C12)C(=O)N(Cc1ccccc1)C5=O. The van der Waals surface area contributed by atoms with Crippen molar-refractivity contribution in [1.29, 1.82) is 0 Å². The molecule has 2 unspecified atom stereocenters. The molecule has 2 atom stereocenters. The maximum atomic E-state index is 13.3. The highest BCUT2D eigenvalue weighted by Gasteiger charge is 2.48. The van der Waals surface area contributed by atoms with Crippen molar-refractivity contribution in [2.75, 3.05) is 0 Å². The van der Waals surface area contributed by atoms with Crippen LogP contribution < -0.4 is 0 Å². The van der Waals surface area contributed by atoms with Crippen molar-refractivity contribution in [3.05, 3.63) is 93.6 Å². The Hall–Kier alpha value is -4.46. The van der Waals surface area contributed by atoms with Crippen LogP contribution in [0.15, 0.2) is 65.8 Å². The van der Waals surface area contributed by atoms with E-state index in [2.05, 4.69) is 4.74 Å². The molecule has 0 bridgehead atoms. The van der Waals surface area contributed by atoms with Crippen molar-refractivity contribution >= 4 is 35.3 Å². The highest BCUT2D eigenvalue weighted by atomic mass is 16.6. The molecule has 0 saturated carbocycles. The number of carbonyl (C=O) groups excluding carboxylic acids is 6. The zero-order valence-electron chi connectivity index (χ0n) is 16.9. The molecule has 0 spiro atoms. The van der Waals surface area contributed by atoms with Crippen molar-refractivity contribution in [2.45, 2.75) is 6.54 Å².